The summed E-state index contributed by atoms with van der Waals surface area (Å²) in [4.78, 5) is 10.6. The van der Waals surface area contributed by atoms with E-state index in [-0.39, 0.29) is 11.9 Å². The highest BCUT2D eigenvalue weighted by Crippen LogP contribution is 2.07. The van der Waals surface area contributed by atoms with E-state index in [1.807, 2.05) is 6.92 Å². The topological polar surface area (TPSA) is 55.1 Å². The summed E-state index contributed by atoms with van der Waals surface area (Å²) in [5, 5.41) is 3.36. The molecule has 3 unspecified atom stereocenters. The van der Waals surface area contributed by atoms with Crippen molar-refractivity contribution in [3.05, 3.63) is 0 Å². The van der Waals surface area contributed by atoms with E-state index in [0.29, 0.717) is 18.4 Å². The van der Waals surface area contributed by atoms with Gasteiger partial charge >= 0.3 is 0 Å². The first-order valence-corrected chi connectivity index (χ1v) is 5.01. The number of carbonyl (C=O) groups is 1. The maximum absolute atomic E-state index is 10.6. The number of nitrogens with one attached hydrogen (secondary N) is 1. The maximum Gasteiger partial charge on any atom is 0.218 e. The summed E-state index contributed by atoms with van der Waals surface area (Å²) in [5.41, 5.74) is 5.10. The molecule has 0 heterocycles. The standard InChI is InChI=1S/C10H22N2O/c1-5-7(2)9(4)12-8(3)6-10(11)13/h7-9,12H,5-6H2,1-4H3,(H2,11,13). The Bertz CT molecular complexity index is 159. The quantitative estimate of drug-likeness (QED) is 0.656. The fourth-order valence-electron chi connectivity index (χ4n) is 1.33. The Morgan fingerprint density at radius 1 is 1.38 bits per heavy atom. The lowest BCUT2D eigenvalue weighted by molar-refractivity contribution is -0.118. The molecule has 0 aromatic rings. The van der Waals surface area contributed by atoms with E-state index in [1.54, 1.807) is 0 Å². The van der Waals surface area contributed by atoms with E-state index in [4.69, 9.17) is 5.73 Å². The summed E-state index contributed by atoms with van der Waals surface area (Å²) in [6.45, 7) is 8.51. The third-order valence-electron chi connectivity index (χ3n) is 2.55. The van der Waals surface area contributed by atoms with E-state index >= 15 is 0 Å². The average Bonchev–Trinajstić information content (AvgIpc) is 2.01. The predicted octanol–water partition coefficient (Wildman–Crippen LogP) is 1.27. The molecule has 0 aromatic carbocycles. The average molecular weight is 186 g/mol. The summed E-state index contributed by atoms with van der Waals surface area (Å²) >= 11 is 0. The van der Waals surface area contributed by atoms with Gasteiger partial charge in [-0.1, -0.05) is 20.3 Å². The van der Waals surface area contributed by atoms with Crippen LogP contribution in [-0.4, -0.2) is 18.0 Å². The monoisotopic (exact) mass is 186 g/mol. The van der Waals surface area contributed by atoms with Crippen LogP contribution in [-0.2, 0) is 4.79 Å². The van der Waals surface area contributed by atoms with Crippen LogP contribution in [0.25, 0.3) is 0 Å². The summed E-state index contributed by atoms with van der Waals surface area (Å²) in [6.07, 6.45) is 1.57. The van der Waals surface area contributed by atoms with E-state index in [2.05, 4.69) is 26.1 Å². The van der Waals surface area contributed by atoms with Gasteiger partial charge in [0.1, 0.15) is 0 Å². The highest BCUT2D eigenvalue weighted by molar-refractivity contribution is 5.74. The molecule has 3 N–H and O–H groups in total. The third-order valence-corrected chi connectivity index (χ3v) is 2.55. The van der Waals surface area contributed by atoms with Crippen LogP contribution in [0, 0.1) is 5.92 Å². The van der Waals surface area contributed by atoms with Crippen molar-refractivity contribution in [3.63, 3.8) is 0 Å². The van der Waals surface area contributed by atoms with Crippen molar-refractivity contribution in [3.8, 4) is 0 Å². The Labute approximate surface area is 81.1 Å². The van der Waals surface area contributed by atoms with Gasteiger partial charge in [0, 0.05) is 18.5 Å². The lowest BCUT2D eigenvalue weighted by Gasteiger charge is -2.23. The van der Waals surface area contributed by atoms with Gasteiger partial charge < -0.3 is 11.1 Å². The van der Waals surface area contributed by atoms with Gasteiger partial charge in [-0.25, -0.2) is 0 Å². The Hall–Kier alpha value is -0.570. The van der Waals surface area contributed by atoms with Gasteiger partial charge in [0.25, 0.3) is 0 Å². The summed E-state index contributed by atoms with van der Waals surface area (Å²) in [5.74, 6) is 0.395. The molecule has 0 aliphatic heterocycles. The second-order valence-electron chi connectivity index (χ2n) is 3.91. The van der Waals surface area contributed by atoms with E-state index < -0.39 is 0 Å². The molecular weight excluding hydrogens is 164 g/mol. The molecule has 3 heteroatoms. The van der Waals surface area contributed by atoms with Crippen LogP contribution < -0.4 is 11.1 Å². The number of primary amides is 1. The van der Waals surface area contributed by atoms with E-state index in [0.717, 1.165) is 6.42 Å². The van der Waals surface area contributed by atoms with Crippen molar-refractivity contribution >= 4 is 5.91 Å². The van der Waals surface area contributed by atoms with Crippen LogP contribution in [0.5, 0.6) is 0 Å². The summed E-state index contributed by atoms with van der Waals surface area (Å²) < 4.78 is 0. The molecule has 0 bridgehead atoms. The Morgan fingerprint density at radius 2 is 1.92 bits per heavy atom. The lowest BCUT2D eigenvalue weighted by Crippen LogP contribution is -2.40. The van der Waals surface area contributed by atoms with Crippen molar-refractivity contribution in [1.29, 1.82) is 0 Å². The van der Waals surface area contributed by atoms with E-state index in [1.165, 1.54) is 0 Å². The Kier molecular flexibility index (Phi) is 5.71. The molecule has 3 atom stereocenters. The Balaban J connectivity index is 3.76. The molecule has 0 aliphatic carbocycles. The molecule has 0 aromatic heterocycles. The van der Waals surface area contributed by atoms with Crippen molar-refractivity contribution in [1.82, 2.24) is 5.32 Å². The molecule has 1 amide bonds. The number of carbonyl (C=O) groups excluding carboxylic acids is 1. The number of rotatable bonds is 6. The molecule has 0 fully saturated rings. The summed E-state index contributed by atoms with van der Waals surface area (Å²) in [6, 6.07) is 0.626. The minimum absolute atomic E-state index is 0.182. The van der Waals surface area contributed by atoms with Crippen molar-refractivity contribution in [2.45, 2.75) is 52.6 Å². The van der Waals surface area contributed by atoms with Gasteiger partial charge in [-0.2, -0.15) is 0 Å². The van der Waals surface area contributed by atoms with Crippen molar-refractivity contribution in [2.75, 3.05) is 0 Å². The molecular formula is C10H22N2O. The summed E-state index contributed by atoms with van der Waals surface area (Å²) in [7, 11) is 0. The van der Waals surface area contributed by atoms with Gasteiger partial charge in [0.2, 0.25) is 5.91 Å². The highest BCUT2D eigenvalue weighted by atomic mass is 16.1. The van der Waals surface area contributed by atoms with Gasteiger partial charge in [0.15, 0.2) is 0 Å². The highest BCUT2D eigenvalue weighted by Gasteiger charge is 2.13. The molecule has 0 aliphatic rings. The number of nitrogens with two attached hydrogens (primary N) is 1. The SMILES string of the molecule is CCC(C)C(C)NC(C)CC(N)=O. The Morgan fingerprint density at radius 3 is 2.31 bits per heavy atom. The first-order valence-electron chi connectivity index (χ1n) is 5.01. The third kappa shape index (κ3) is 5.64. The molecule has 0 spiro atoms. The van der Waals surface area contributed by atoms with Crippen molar-refractivity contribution < 1.29 is 4.79 Å². The minimum atomic E-state index is -0.239. The van der Waals surface area contributed by atoms with Gasteiger partial charge in [-0.15, -0.1) is 0 Å². The molecule has 3 nitrogen and oxygen atoms in total. The fraction of sp³-hybridized carbons (Fsp3) is 0.900. The minimum Gasteiger partial charge on any atom is -0.370 e. The van der Waals surface area contributed by atoms with Crippen LogP contribution in [0.4, 0.5) is 0 Å². The molecule has 78 valence electrons. The van der Waals surface area contributed by atoms with Gasteiger partial charge in [-0.05, 0) is 19.8 Å². The fourth-order valence-corrected chi connectivity index (χ4v) is 1.33. The number of hydrogen-bond acceptors (Lipinski definition) is 2. The van der Waals surface area contributed by atoms with Crippen molar-refractivity contribution in [2.24, 2.45) is 11.7 Å². The lowest BCUT2D eigenvalue weighted by atomic mass is 10.00. The molecule has 0 saturated carbocycles. The molecule has 0 saturated heterocycles. The van der Waals surface area contributed by atoms with Gasteiger partial charge in [-0.3, -0.25) is 4.79 Å². The zero-order chi connectivity index (χ0) is 10.4. The smallest absolute Gasteiger partial charge is 0.218 e. The van der Waals surface area contributed by atoms with E-state index in [9.17, 15) is 4.79 Å². The second kappa shape index (κ2) is 5.97. The first kappa shape index (κ1) is 12.4. The van der Waals surface area contributed by atoms with Crippen LogP contribution in [0.1, 0.15) is 40.5 Å². The second-order valence-corrected chi connectivity index (χ2v) is 3.91. The zero-order valence-electron chi connectivity index (χ0n) is 9.13. The van der Waals surface area contributed by atoms with Crippen LogP contribution in [0.15, 0.2) is 0 Å². The first-order chi connectivity index (χ1) is 5.97. The number of amides is 1. The number of hydrogen-bond donors (Lipinski definition) is 2. The van der Waals surface area contributed by atoms with Gasteiger partial charge in [0.05, 0.1) is 0 Å². The van der Waals surface area contributed by atoms with Crippen LogP contribution >= 0.6 is 0 Å². The van der Waals surface area contributed by atoms with Crippen LogP contribution in [0.3, 0.4) is 0 Å². The normalized spacial score (nSPS) is 17.8. The molecule has 0 rings (SSSR count). The van der Waals surface area contributed by atoms with Crippen LogP contribution in [0.2, 0.25) is 0 Å². The largest absolute Gasteiger partial charge is 0.370 e. The maximum atomic E-state index is 10.6. The predicted molar refractivity (Wildman–Crippen MR) is 55.3 cm³/mol. The molecule has 13 heavy (non-hydrogen) atoms. The zero-order valence-corrected chi connectivity index (χ0v) is 9.13. The molecule has 0 radical (unpaired) electrons.